The molecule has 0 unspecified atom stereocenters. The molecule has 0 atom stereocenters. The summed E-state index contributed by atoms with van der Waals surface area (Å²) in [6, 6.07) is 16.5. The van der Waals surface area contributed by atoms with Gasteiger partial charge in [0.1, 0.15) is 5.75 Å². The van der Waals surface area contributed by atoms with Gasteiger partial charge in [0.15, 0.2) is 0 Å². The van der Waals surface area contributed by atoms with Crippen LogP contribution in [0, 0.1) is 0 Å². The third kappa shape index (κ3) is 5.12. The number of aromatic hydroxyl groups is 1. The average Bonchev–Trinajstić information content (AvgIpc) is 2.57. The molecule has 2 aromatic rings. The molecule has 0 saturated carbocycles. The predicted molar refractivity (Wildman–Crippen MR) is 104 cm³/mol. The Kier molecular flexibility index (Phi) is 6.90. The van der Waals surface area contributed by atoms with Gasteiger partial charge >= 0.3 is 0 Å². The summed E-state index contributed by atoms with van der Waals surface area (Å²) in [5, 5.41) is 10.1. The smallest absolute Gasteiger partial charge is 0.118 e. The van der Waals surface area contributed by atoms with Crippen molar-refractivity contribution in [3.63, 3.8) is 0 Å². The predicted octanol–water partition coefficient (Wildman–Crippen LogP) is 6.43. The molecule has 24 heavy (non-hydrogen) atoms. The van der Waals surface area contributed by atoms with Gasteiger partial charge < -0.3 is 5.11 Å². The van der Waals surface area contributed by atoms with Gasteiger partial charge in [0, 0.05) is 0 Å². The third-order valence-corrected chi connectivity index (χ3v) is 4.92. The van der Waals surface area contributed by atoms with Gasteiger partial charge in [-0.3, -0.25) is 0 Å². The molecule has 0 aliphatic heterocycles. The maximum absolute atomic E-state index is 10.1. The number of phenolic OH excluding ortho intramolecular Hbond substituents is 1. The molecule has 130 valence electrons. The molecule has 1 N–H and O–H groups in total. The van der Waals surface area contributed by atoms with Crippen molar-refractivity contribution in [1.82, 2.24) is 0 Å². The molecule has 0 aromatic heterocycles. The van der Waals surface area contributed by atoms with E-state index in [-0.39, 0.29) is 5.41 Å². The van der Waals surface area contributed by atoms with Crippen molar-refractivity contribution in [2.24, 2.45) is 0 Å². The number of aryl methyl sites for hydroxylation is 1. The maximum atomic E-state index is 10.1. The van der Waals surface area contributed by atoms with E-state index in [9.17, 15) is 5.11 Å². The molecule has 0 aliphatic carbocycles. The summed E-state index contributed by atoms with van der Waals surface area (Å²) in [5.41, 5.74) is 3.93. The van der Waals surface area contributed by atoms with Crippen molar-refractivity contribution < 1.29 is 5.11 Å². The van der Waals surface area contributed by atoms with Crippen molar-refractivity contribution in [2.45, 2.75) is 71.1 Å². The fourth-order valence-corrected chi connectivity index (χ4v) is 3.55. The zero-order chi connectivity index (χ0) is 17.4. The lowest BCUT2D eigenvalue weighted by atomic mass is 9.76. The number of benzene rings is 2. The quantitative estimate of drug-likeness (QED) is 0.527. The van der Waals surface area contributed by atoms with Crippen LogP contribution in [0.1, 0.15) is 69.6 Å². The highest BCUT2D eigenvalue weighted by Crippen LogP contribution is 2.33. The van der Waals surface area contributed by atoms with Gasteiger partial charge in [-0.05, 0) is 47.4 Å². The Bertz CT molecular complexity index is 627. The molecule has 2 rings (SSSR count). The molecule has 2 aromatic carbocycles. The van der Waals surface area contributed by atoms with Crippen LogP contribution >= 0.6 is 0 Å². The van der Waals surface area contributed by atoms with Gasteiger partial charge in [0.2, 0.25) is 0 Å². The molecule has 1 nitrogen and oxygen atoms in total. The SMILES string of the molecule is CCCCCCCc1ccccc1C(C)(C)Cc1ccccc1O. The summed E-state index contributed by atoms with van der Waals surface area (Å²) in [5.74, 6) is 0.405. The van der Waals surface area contributed by atoms with E-state index in [4.69, 9.17) is 0 Å². The van der Waals surface area contributed by atoms with Crippen LogP contribution in [0.3, 0.4) is 0 Å². The highest BCUT2D eigenvalue weighted by atomic mass is 16.3. The van der Waals surface area contributed by atoms with E-state index in [2.05, 4.69) is 45.0 Å². The molecule has 0 radical (unpaired) electrons. The Labute approximate surface area is 147 Å². The summed E-state index contributed by atoms with van der Waals surface area (Å²) < 4.78 is 0. The van der Waals surface area contributed by atoms with Crippen LogP contribution in [0.25, 0.3) is 0 Å². The normalized spacial score (nSPS) is 11.6. The number of hydrogen-bond donors (Lipinski definition) is 1. The second kappa shape index (κ2) is 8.92. The molecule has 0 fully saturated rings. The third-order valence-electron chi connectivity index (χ3n) is 4.92. The van der Waals surface area contributed by atoms with E-state index in [0.29, 0.717) is 5.75 Å². The standard InChI is InChI=1S/C23H32O/c1-4-5-6-7-8-13-19-14-9-11-16-21(19)23(2,3)18-20-15-10-12-17-22(20)24/h9-12,14-17,24H,4-8,13,18H2,1-3H3. The summed E-state index contributed by atoms with van der Waals surface area (Å²) in [7, 11) is 0. The molecule has 0 spiro atoms. The second-order valence-electron chi connectivity index (χ2n) is 7.51. The van der Waals surface area contributed by atoms with Crippen molar-refractivity contribution in [3.05, 3.63) is 65.2 Å². The minimum Gasteiger partial charge on any atom is -0.508 e. The minimum absolute atomic E-state index is 0.0127. The molecule has 0 bridgehead atoms. The Morgan fingerprint density at radius 3 is 2.12 bits per heavy atom. The van der Waals surface area contributed by atoms with Gasteiger partial charge in [-0.2, -0.15) is 0 Å². The summed E-state index contributed by atoms with van der Waals surface area (Å²) in [6.07, 6.45) is 8.59. The Morgan fingerprint density at radius 1 is 0.792 bits per heavy atom. The number of rotatable bonds is 9. The van der Waals surface area contributed by atoms with Crippen LogP contribution < -0.4 is 0 Å². The van der Waals surface area contributed by atoms with Crippen LogP contribution in [0.5, 0.6) is 5.75 Å². The van der Waals surface area contributed by atoms with Gasteiger partial charge in [0.25, 0.3) is 0 Å². The summed E-state index contributed by atoms with van der Waals surface area (Å²) in [4.78, 5) is 0. The number of para-hydroxylation sites is 1. The van der Waals surface area contributed by atoms with E-state index >= 15 is 0 Å². The molecule has 0 heterocycles. The number of hydrogen-bond acceptors (Lipinski definition) is 1. The zero-order valence-corrected chi connectivity index (χ0v) is 15.5. The van der Waals surface area contributed by atoms with Crippen molar-refractivity contribution in [1.29, 1.82) is 0 Å². The average molecular weight is 325 g/mol. The monoisotopic (exact) mass is 324 g/mol. The van der Waals surface area contributed by atoms with E-state index in [0.717, 1.165) is 18.4 Å². The first-order valence-electron chi connectivity index (χ1n) is 9.40. The fraction of sp³-hybridized carbons (Fsp3) is 0.478. The highest BCUT2D eigenvalue weighted by molar-refractivity contribution is 5.39. The van der Waals surface area contributed by atoms with Crippen LogP contribution in [0.15, 0.2) is 48.5 Å². The van der Waals surface area contributed by atoms with Crippen LogP contribution in [-0.2, 0) is 18.3 Å². The first-order valence-corrected chi connectivity index (χ1v) is 9.40. The molecule has 1 heteroatoms. The lowest BCUT2D eigenvalue weighted by Gasteiger charge is -2.28. The fourth-order valence-electron chi connectivity index (χ4n) is 3.55. The van der Waals surface area contributed by atoms with Crippen molar-refractivity contribution >= 4 is 0 Å². The van der Waals surface area contributed by atoms with Gasteiger partial charge in [-0.1, -0.05) is 88.9 Å². The minimum atomic E-state index is 0.0127. The lowest BCUT2D eigenvalue weighted by molar-refractivity contribution is 0.449. The Hall–Kier alpha value is -1.76. The molecule has 0 aliphatic rings. The van der Waals surface area contributed by atoms with Gasteiger partial charge in [-0.15, -0.1) is 0 Å². The second-order valence-corrected chi connectivity index (χ2v) is 7.51. The summed E-state index contributed by atoms with van der Waals surface area (Å²) >= 11 is 0. The van der Waals surface area contributed by atoms with E-state index in [1.165, 1.54) is 43.2 Å². The lowest BCUT2D eigenvalue weighted by Crippen LogP contribution is -2.22. The number of phenols is 1. The van der Waals surface area contributed by atoms with E-state index in [1.807, 2.05) is 18.2 Å². The highest BCUT2D eigenvalue weighted by Gasteiger charge is 2.24. The molecular formula is C23H32O. The van der Waals surface area contributed by atoms with Crippen LogP contribution in [0.2, 0.25) is 0 Å². The van der Waals surface area contributed by atoms with E-state index < -0.39 is 0 Å². The molecule has 0 amide bonds. The van der Waals surface area contributed by atoms with Gasteiger partial charge in [0.05, 0.1) is 0 Å². The summed E-state index contributed by atoms with van der Waals surface area (Å²) in [6.45, 7) is 6.83. The van der Waals surface area contributed by atoms with E-state index in [1.54, 1.807) is 6.07 Å². The van der Waals surface area contributed by atoms with Gasteiger partial charge in [-0.25, -0.2) is 0 Å². The number of unbranched alkanes of at least 4 members (excludes halogenated alkanes) is 4. The maximum Gasteiger partial charge on any atom is 0.118 e. The Morgan fingerprint density at radius 2 is 1.42 bits per heavy atom. The van der Waals surface area contributed by atoms with Crippen LogP contribution in [0.4, 0.5) is 0 Å². The first kappa shape index (κ1) is 18.6. The van der Waals surface area contributed by atoms with Crippen molar-refractivity contribution in [2.75, 3.05) is 0 Å². The largest absolute Gasteiger partial charge is 0.508 e. The molecule has 0 saturated heterocycles. The Balaban J connectivity index is 2.10. The molecular weight excluding hydrogens is 292 g/mol. The topological polar surface area (TPSA) is 20.2 Å². The zero-order valence-electron chi connectivity index (χ0n) is 15.5. The van der Waals surface area contributed by atoms with Crippen molar-refractivity contribution in [3.8, 4) is 5.75 Å². The van der Waals surface area contributed by atoms with Crippen LogP contribution in [-0.4, -0.2) is 5.11 Å². The first-order chi connectivity index (χ1) is 11.5.